The first-order valence-corrected chi connectivity index (χ1v) is 13.4. The van der Waals surface area contributed by atoms with E-state index in [1.54, 1.807) is 25.1 Å². The summed E-state index contributed by atoms with van der Waals surface area (Å²) < 4.78 is 41.9. The quantitative estimate of drug-likeness (QED) is 0.330. The van der Waals surface area contributed by atoms with Gasteiger partial charge in [-0.1, -0.05) is 56.3 Å². The summed E-state index contributed by atoms with van der Waals surface area (Å²) in [5, 5.41) is 11.2. The molecule has 2 aromatic heterocycles. The average Bonchev–Trinajstić information content (AvgIpc) is 2.85. The number of aromatic hydroxyl groups is 1. The molecule has 7 nitrogen and oxygen atoms in total. The second-order valence-electron chi connectivity index (χ2n) is 9.28. The van der Waals surface area contributed by atoms with Crippen molar-refractivity contribution >= 4 is 9.84 Å². The van der Waals surface area contributed by atoms with Crippen LogP contribution in [0.5, 0.6) is 5.88 Å². The predicted molar refractivity (Wildman–Crippen MR) is 139 cm³/mol. The van der Waals surface area contributed by atoms with Crippen molar-refractivity contribution < 1.29 is 17.9 Å². The van der Waals surface area contributed by atoms with Crippen LogP contribution in [-0.2, 0) is 22.8 Å². The van der Waals surface area contributed by atoms with Crippen molar-refractivity contribution in [3.63, 3.8) is 0 Å². The van der Waals surface area contributed by atoms with E-state index in [0.29, 0.717) is 41.4 Å². The number of benzene rings is 2. The molecule has 0 saturated carbocycles. The molecule has 37 heavy (non-hydrogen) atoms. The Labute approximate surface area is 215 Å². The summed E-state index contributed by atoms with van der Waals surface area (Å²) in [6.45, 7) is 5.88. The Morgan fingerprint density at radius 2 is 1.65 bits per heavy atom. The van der Waals surface area contributed by atoms with E-state index in [4.69, 9.17) is 0 Å². The molecule has 0 saturated heterocycles. The first-order chi connectivity index (χ1) is 17.6. The molecule has 2 aromatic carbocycles. The molecule has 192 valence electrons. The van der Waals surface area contributed by atoms with Crippen LogP contribution in [0.2, 0.25) is 0 Å². The second kappa shape index (κ2) is 10.6. The molecule has 0 fully saturated rings. The van der Waals surface area contributed by atoms with Gasteiger partial charge in [-0.15, -0.1) is 0 Å². The first kappa shape index (κ1) is 26.2. The fraction of sp³-hybridized carbons (Fsp3) is 0.250. The molecule has 9 heteroatoms. The summed E-state index contributed by atoms with van der Waals surface area (Å²) >= 11 is 0. The van der Waals surface area contributed by atoms with Crippen molar-refractivity contribution in [2.75, 3.05) is 0 Å². The van der Waals surface area contributed by atoms with Crippen LogP contribution in [0.1, 0.15) is 37.4 Å². The first-order valence-electron chi connectivity index (χ1n) is 11.9. The van der Waals surface area contributed by atoms with Gasteiger partial charge in [0.05, 0.1) is 11.4 Å². The minimum absolute atomic E-state index is 0.158. The molecule has 0 atom stereocenters. The topological polar surface area (TPSA) is 102 Å². The number of rotatable bonds is 8. The highest BCUT2D eigenvalue weighted by atomic mass is 32.2. The zero-order chi connectivity index (χ0) is 26.7. The molecule has 0 unspecified atom stereocenters. The minimum atomic E-state index is -4.40. The molecule has 0 spiro atoms. The average molecular weight is 522 g/mol. The number of nitrogens with zero attached hydrogens (tertiary/aromatic N) is 3. The molecule has 0 aliphatic heterocycles. The van der Waals surface area contributed by atoms with Gasteiger partial charge in [-0.25, -0.2) is 13.4 Å². The van der Waals surface area contributed by atoms with E-state index in [1.807, 2.05) is 44.2 Å². The predicted octanol–water partition coefficient (Wildman–Crippen LogP) is 4.93. The molecule has 1 N–H and O–H groups in total. The van der Waals surface area contributed by atoms with Gasteiger partial charge in [-0.2, -0.15) is 9.37 Å². The zero-order valence-corrected chi connectivity index (χ0v) is 21.7. The Morgan fingerprint density at radius 3 is 2.27 bits per heavy atom. The molecule has 0 radical (unpaired) electrons. The van der Waals surface area contributed by atoms with Gasteiger partial charge >= 0.3 is 0 Å². The smallest absolute Gasteiger partial charge is 0.296 e. The monoisotopic (exact) mass is 521 g/mol. The Bertz CT molecular complexity index is 1580. The summed E-state index contributed by atoms with van der Waals surface area (Å²) in [5.74, 6) is -0.586. The number of halogens is 1. The lowest BCUT2D eigenvalue weighted by Gasteiger charge is -2.18. The molecule has 0 aliphatic carbocycles. The van der Waals surface area contributed by atoms with Gasteiger partial charge in [0.2, 0.25) is 21.7 Å². The summed E-state index contributed by atoms with van der Waals surface area (Å²) in [4.78, 5) is 20.0. The van der Waals surface area contributed by atoms with Gasteiger partial charge in [-0.3, -0.25) is 9.36 Å². The van der Waals surface area contributed by atoms with E-state index in [-0.39, 0.29) is 11.4 Å². The number of aromatic nitrogens is 3. The van der Waals surface area contributed by atoms with Gasteiger partial charge in [0.15, 0.2) is 4.90 Å². The van der Waals surface area contributed by atoms with Gasteiger partial charge < -0.3 is 5.11 Å². The van der Waals surface area contributed by atoms with Crippen molar-refractivity contribution in [3.05, 3.63) is 100 Å². The fourth-order valence-electron chi connectivity index (χ4n) is 4.11. The van der Waals surface area contributed by atoms with Gasteiger partial charge in [0.1, 0.15) is 5.82 Å². The highest BCUT2D eigenvalue weighted by Crippen LogP contribution is 2.30. The van der Waals surface area contributed by atoms with Crippen molar-refractivity contribution in [3.8, 4) is 17.0 Å². The van der Waals surface area contributed by atoms with Crippen LogP contribution in [0.15, 0.2) is 81.3 Å². The van der Waals surface area contributed by atoms with Gasteiger partial charge in [0, 0.05) is 17.7 Å². The number of hydrogen-bond acceptors (Lipinski definition) is 6. The van der Waals surface area contributed by atoms with E-state index >= 15 is 0 Å². The molecule has 2 heterocycles. The molecular formula is C28H28FN3O4S. The van der Waals surface area contributed by atoms with E-state index in [0.717, 1.165) is 5.56 Å². The highest BCUT2D eigenvalue weighted by molar-refractivity contribution is 7.91. The van der Waals surface area contributed by atoms with E-state index in [9.17, 15) is 22.7 Å². The minimum Gasteiger partial charge on any atom is -0.493 e. The number of sulfone groups is 1. The lowest BCUT2D eigenvalue weighted by atomic mass is 10.1. The Morgan fingerprint density at radius 1 is 0.973 bits per heavy atom. The molecule has 0 bridgehead atoms. The molecular weight excluding hydrogens is 493 g/mol. The molecule has 4 rings (SSSR count). The maximum Gasteiger partial charge on any atom is 0.296 e. The Balaban J connectivity index is 1.79. The summed E-state index contributed by atoms with van der Waals surface area (Å²) in [5.41, 5.74) is 1.57. The third-order valence-corrected chi connectivity index (χ3v) is 7.91. The molecule has 4 aromatic rings. The third-order valence-electron chi connectivity index (χ3n) is 6.12. The van der Waals surface area contributed by atoms with Crippen molar-refractivity contribution in [1.82, 2.24) is 14.5 Å². The summed E-state index contributed by atoms with van der Waals surface area (Å²) in [6.07, 6.45) is 1.12. The zero-order valence-electron chi connectivity index (χ0n) is 20.8. The van der Waals surface area contributed by atoms with Crippen LogP contribution in [0.25, 0.3) is 11.1 Å². The lowest BCUT2D eigenvalue weighted by molar-refractivity contribution is 0.386. The standard InChI is InChI=1S/C28H28FN3O4S/c1-18(2)9-16-25-31-27(33)26(28(34)32(25)17-20-7-5-4-6-8-20)37(35,36)22-12-10-21(11-13-22)23-14-15-24(29)30-19(23)3/h4-8,10-15,18,34H,9,16-17H2,1-3H3. The van der Waals surface area contributed by atoms with Crippen LogP contribution in [0.3, 0.4) is 0 Å². The SMILES string of the molecule is Cc1nc(F)ccc1-c1ccc(S(=O)(=O)c2c(O)n(Cc3ccccc3)c(CCC(C)C)nc2=O)cc1. The van der Waals surface area contributed by atoms with Crippen LogP contribution >= 0.6 is 0 Å². The summed E-state index contributed by atoms with van der Waals surface area (Å²) in [6, 6.07) is 17.8. The third kappa shape index (κ3) is 5.61. The van der Waals surface area contributed by atoms with Crippen molar-refractivity contribution in [2.24, 2.45) is 5.92 Å². The van der Waals surface area contributed by atoms with E-state index < -0.39 is 32.1 Å². The number of hydrogen-bond donors (Lipinski definition) is 1. The van der Waals surface area contributed by atoms with Crippen LogP contribution < -0.4 is 5.56 Å². The number of pyridine rings is 1. The van der Waals surface area contributed by atoms with Gasteiger partial charge in [-0.05, 0) is 54.7 Å². The van der Waals surface area contributed by atoms with E-state index in [2.05, 4.69) is 9.97 Å². The maximum atomic E-state index is 13.5. The van der Waals surface area contributed by atoms with Crippen molar-refractivity contribution in [2.45, 2.75) is 49.9 Å². The lowest BCUT2D eigenvalue weighted by Crippen LogP contribution is -2.25. The molecule has 0 aliphatic rings. The Kier molecular flexibility index (Phi) is 7.54. The van der Waals surface area contributed by atoms with E-state index in [1.165, 1.54) is 22.8 Å². The fourth-order valence-corrected chi connectivity index (χ4v) is 5.47. The van der Waals surface area contributed by atoms with Crippen molar-refractivity contribution in [1.29, 1.82) is 0 Å². The number of aryl methyl sites for hydroxylation is 2. The Hall–Kier alpha value is -3.85. The van der Waals surface area contributed by atoms with Gasteiger partial charge in [0.25, 0.3) is 5.56 Å². The van der Waals surface area contributed by atoms with Crippen LogP contribution in [-0.4, -0.2) is 28.1 Å². The normalized spacial score (nSPS) is 11.7. The largest absolute Gasteiger partial charge is 0.493 e. The van der Waals surface area contributed by atoms with Crippen LogP contribution in [0.4, 0.5) is 4.39 Å². The van der Waals surface area contributed by atoms with Crippen LogP contribution in [0, 0.1) is 18.8 Å². The highest BCUT2D eigenvalue weighted by Gasteiger charge is 2.29. The maximum absolute atomic E-state index is 13.5. The summed E-state index contributed by atoms with van der Waals surface area (Å²) in [7, 11) is -4.40. The second-order valence-corrected chi connectivity index (χ2v) is 11.2. The molecule has 0 amide bonds.